The van der Waals surface area contributed by atoms with E-state index < -0.39 is 5.91 Å². The number of pyridine rings is 1. The number of ether oxygens (including phenoxy) is 1. The molecule has 0 saturated carbocycles. The predicted molar refractivity (Wildman–Crippen MR) is 102 cm³/mol. The van der Waals surface area contributed by atoms with Crippen LogP contribution in [-0.2, 0) is 6.54 Å². The number of aromatic nitrogens is 1. The Balaban J connectivity index is 1.83. The normalized spacial score (nSPS) is 10.4. The number of nitrogens with one attached hydrogen (secondary N) is 1. The van der Waals surface area contributed by atoms with Gasteiger partial charge >= 0.3 is 0 Å². The number of nitrogens with zero attached hydrogens (tertiary/aromatic N) is 1. The number of carbonyl (C=O) groups is 1. The number of amides is 1. The Labute approximate surface area is 151 Å². The van der Waals surface area contributed by atoms with E-state index >= 15 is 0 Å². The summed E-state index contributed by atoms with van der Waals surface area (Å²) in [5, 5.41) is 2.74. The minimum Gasteiger partial charge on any atom is -0.497 e. The van der Waals surface area contributed by atoms with Crippen LogP contribution in [0, 0.1) is 6.92 Å². The molecule has 0 spiro atoms. The molecule has 0 radical (unpaired) electrons. The first-order valence-corrected chi connectivity index (χ1v) is 8.28. The van der Waals surface area contributed by atoms with Crippen LogP contribution in [0.4, 0.5) is 5.69 Å². The maximum absolute atomic E-state index is 12.7. The van der Waals surface area contributed by atoms with Crippen molar-refractivity contribution in [1.29, 1.82) is 0 Å². The molecule has 3 rings (SSSR count). The van der Waals surface area contributed by atoms with E-state index in [4.69, 9.17) is 4.74 Å². The number of rotatable bonds is 5. The van der Waals surface area contributed by atoms with Crippen LogP contribution < -0.4 is 15.6 Å². The number of hydrogen-bond donors (Lipinski definition) is 1. The van der Waals surface area contributed by atoms with Crippen molar-refractivity contribution >= 4 is 11.6 Å². The SMILES string of the molecule is COc1ccc(NC(=O)c2cccn(Cc3ccccc3C)c2=O)cc1. The molecule has 0 bridgehead atoms. The average Bonchev–Trinajstić information content (AvgIpc) is 2.65. The summed E-state index contributed by atoms with van der Waals surface area (Å²) >= 11 is 0. The summed E-state index contributed by atoms with van der Waals surface area (Å²) in [4.78, 5) is 25.2. The fraction of sp³-hybridized carbons (Fsp3) is 0.143. The highest BCUT2D eigenvalue weighted by molar-refractivity contribution is 6.04. The lowest BCUT2D eigenvalue weighted by molar-refractivity contribution is 0.102. The number of hydrogen-bond acceptors (Lipinski definition) is 3. The minimum atomic E-state index is -0.431. The van der Waals surface area contributed by atoms with Gasteiger partial charge < -0.3 is 14.6 Å². The highest BCUT2D eigenvalue weighted by atomic mass is 16.5. The highest BCUT2D eigenvalue weighted by Crippen LogP contribution is 2.15. The number of methoxy groups -OCH3 is 1. The van der Waals surface area contributed by atoms with Crippen LogP contribution in [-0.4, -0.2) is 17.6 Å². The topological polar surface area (TPSA) is 60.3 Å². The highest BCUT2D eigenvalue weighted by Gasteiger charge is 2.13. The summed E-state index contributed by atoms with van der Waals surface area (Å²) < 4.78 is 6.64. The lowest BCUT2D eigenvalue weighted by Gasteiger charge is -2.11. The average molecular weight is 348 g/mol. The fourth-order valence-corrected chi connectivity index (χ4v) is 2.68. The van der Waals surface area contributed by atoms with Gasteiger partial charge in [-0.3, -0.25) is 9.59 Å². The summed E-state index contributed by atoms with van der Waals surface area (Å²) in [6.07, 6.45) is 1.69. The smallest absolute Gasteiger partial charge is 0.263 e. The van der Waals surface area contributed by atoms with E-state index in [-0.39, 0.29) is 11.1 Å². The summed E-state index contributed by atoms with van der Waals surface area (Å²) in [6, 6.07) is 18.1. The third-order valence-corrected chi connectivity index (χ3v) is 4.21. The van der Waals surface area contributed by atoms with Crippen molar-refractivity contribution in [2.24, 2.45) is 0 Å². The zero-order valence-electron chi connectivity index (χ0n) is 14.7. The van der Waals surface area contributed by atoms with E-state index in [0.29, 0.717) is 18.0 Å². The zero-order valence-corrected chi connectivity index (χ0v) is 14.7. The monoisotopic (exact) mass is 348 g/mol. The minimum absolute atomic E-state index is 0.108. The first-order chi connectivity index (χ1) is 12.6. The van der Waals surface area contributed by atoms with Gasteiger partial charge in [-0.05, 0) is 54.4 Å². The second-order valence-electron chi connectivity index (χ2n) is 5.96. The molecule has 0 unspecified atom stereocenters. The van der Waals surface area contributed by atoms with E-state index in [2.05, 4.69) is 5.32 Å². The summed E-state index contributed by atoms with van der Waals surface area (Å²) in [7, 11) is 1.58. The Hall–Kier alpha value is -3.34. The van der Waals surface area contributed by atoms with Crippen LogP contribution in [0.15, 0.2) is 71.7 Å². The van der Waals surface area contributed by atoms with E-state index in [1.54, 1.807) is 48.2 Å². The molecule has 0 atom stereocenters. The van der Waals surface area contributed by atoms with Gasteiger partial charge in [-0.15, -0.1) is 0 Å². The van der Waals surface area contributed by atoms with Crippen LogP contribution in [0.1, 0.15) is 21.5 Å². The molecule has 1 amide bonds. The van der Waals surface area contributed by atoms with Gasteiger partial charge in [-0.2, -0.15) is 0 Å². The number of benzene rings is 2. The summed E-state index contributed by atoms with van der Waals surface area (Å²) in [5.41, 5.74) is 2.54. The standard InChI is InChI=1S/C21H20N2O3/c1-15-6-3-4-7-16(15)14-23-13-5-8-19(21(23)25)20(24)22-17-9-11-18(26-2)12-10-17/h3-13H,14H2,1-2H3,(H,22,24). The van der Waals surface area contributed by atoms with Crippen molar-refractivity contribution in [3.8, 4) is 5.75 Å². The van der Waals surface area contributed by atoms with Crippen LogP contribution >= 0.6 is 0 Å². The third kappa shape index (κ3) is 3.83. The lowest BCUT2D eigenvalue weighted by atomic mass is 10.1. The van der Waals surface area contributed by atoms with Crippen molar-refractivity contribution in [3.63, 3.8) is 0 Å². The molecule has 1 heterocycles. The molecular weight excluding hydrogens is 328 g/mol. The van der Waals surface area contributed by atoms with Crippen LogP contribution in [0.25, 0.3) is 0 Å². The van der Waals surface area contributed by atoms with E-state index in [1.165, 1.54) is 6.07 Å². The molecule has 5 nitrogen and oxygen atoms in total. The van der Waals surface area contributed by atoms with Crippen molar-refractivity contribution < 1.29 is 9.53 Å². The molecule has 0 aliphatic heterocycles. The van der Waals surface area contributed by atoms with Crippen molar-refractivity contribution in [1.82, 2.24) is 4.57 Å². The third-order valence-electron chi connectivity index (χ3n) is 4.21. The molecule has 0 aliphatic carbocycles. The molecule has 1 aromatic heterocycles. The Morgan fingerprint density at radius 3 is 2.46 bits per heavy atom. The Morgan fingerprint density at radius 2 is 1.77 bits per heavy atom. The van der Waals surface area contributed by atoms with Gasteiger partial charge in [0.25, 0.3) is 11.5 Å². The zero-order chi connectivity index (χ0) is 18.5. The van der Waals surface area contributed by atoms with E-state index in [9.17, 15) is 9.59 Å². The maximum atomic E-state index is 12.7. The van der Waals surface area contributed by atoms with Gasteiger partial charge in [0.05, 0.1) is 13.7 Å². The number of carbonyl (C=O) groups excluding carboxylic acids is 1. The molecule has 0 fully saturated rings. The lowest BCUT2D eigenvalue weighted by Crippen LogP contribution is -2.29. The van der Waals surface area contributed by atoms with Gasteiger partial charge in [0, 0.05) is 11.9 Å². The molecule has 5 heteroatoms. The van der Waals surface area contributed by atoms with Crippen LogP contribution in [0.2, 0.25) is 0 Å². The van der Waals surface area contributed by atoms with Gasteiger partial charge in [0.2, 0.25) is 0 Å². The van der Waals surface area contributed by atoms with E-state index in [0.717, 1.165) is 11.1 Å². The molecule has 1 N–H and O–H groups in total. The molecule has 2 aromatic carbocycles. The van der Waals surface area contributed by atoms with Crippen molar-refractivity contribution in [3.05, 3.63) is 93.9 Å². The molecule has 0 aliphatic rings. The largest absolute Gasteiger partial charge is 0.497 e. The molecule has 3 aromatic rings. The van der Waals surface area contributed by atoms with Gasteiger partial charge in [-0.25, -0.2) is 0 Å². The summed E-state index contributed by atoms with van der Waals surface area (Å²) in [6.45, 7) is 2.43. The Kier molecular flexibility index (Phi) is 5.17. The number of aryl methyl sites for hydroxylation is 1. The summed E-state index contributed by atoms with van der Waals surface area (Å²) in [5.74, 6) is 0.266. The van der Waals surface area contributed by atoms with Crippen LogP contribution in [0.5, 0.6) is 5.75 Å². The maximum Gasteiger partial charge on any atom is 0.263 e. The molecule has 132 valence electrons. The molecule has 26 heavy (non-hydrogen) atoms. The first-order valence-electron chi connectivity index (χ1n) is 8.28. The Morgan fingerprint density at radius 1 is 1.04 bits per heavy atom. The van der Waals surface area contributed by atoms with Crippen LogP contribution in [0.3, 0.4) is 0 Å². The first kappa shape index (κ1) is 17.5. The second kappa shape index (κ2) is 7.70. The van der Waals surface area contributed by atoms with Crippen molar-refractivity contribution in [2.45, 2.75) is 13.5 Å². The van der Waals surface area contributed by atoms with Crippen molar-refractivity contribution in [2.75, 3.05) is 12.4 Å². The molecular formula is C21H20N2O3. The second-order valence-corrected chi connectivity index (χ2v) is 5.96. The van der Waals surface area contributed by atoms with E-state index in [1.807, 2.05) is 31.2 Å². The predicted octanol–water partition coefficient (Wildman–Crippen LogP) is 3.47. The Bertz CT molecular complexity index is 975. The molecule has 0 saturated heterocycles. The van der Waals surface area contributed by atoms with Gasteiger partial charge in [0.1, 0.15) is 11.3 Å². The number of anilines is 1. The fourth-order valence-electron chi connectivity index (χ4n) is 2.68. The van der Waals surface area contributed by atoms with Gasteiger partial charge in [0.15, 0.2) is 0 Å². The quantitative estimate of drug-likeness (QED) is 0.768. The van der Waals surface area contributed by atoms with Gasteiger partial charge in [-0.1, -0.05) is 24.3 Å².